The van der Waals surface area contributed by atoms with Gasteiger partial charge in [-0.2, -0.15) is 0 Å². The Kier molecular flexibility index (Phi) is 9.43. The Morgan fingerprint density at radius 3 is 2.45 bits per heavy atom. The SMILES string of the molecule is CC(CC(=O)O)N1CCC(N2CCN(c3ccc4c(c3)CCNCC4)C2=O)CC1.Cl.Cl. The van der Waals surface area contributed by atoms with E-state index in [0.717, 1.165) is 70.6 Å². The third-order valence-corrected chi connectivity index (χ3v) is 6.72. The van der Waals surface area contributed by atoms with E-state index >= 15 is 0 Å². The van der Waals surface area contributed by atoms with Crippen molar-refractivity contribution < 1.29 is 14.7 Å². The molecule has 3 aliphatic rings. The minimum atomic E-state index is -0.749. The van der Waals surface area contributed by atoms with Gasteiger partial charge in [0.1, 0.15) is 0 Å². The molecule has 2 amide bonds. The fraction of sp³-hybridized carbons (Fsp3) is 0.636. The highest BCUT2D eigenvalue weighted by atomic mass is 35.5. The molecule has 0 aliphatic carbocycles. The number of carboxylic acid groups (broad SMARTS) is 1. The van der Waals surface area contributed by atoms with E-state index in [1.807, 2.05) is 16.7 Å². The summed E-state index contributed by atoms with van der Waals surface area (Å²) in [7, 11) is 0. The van der Waals surface area contributed by atoms with Gasteiger partial charge in [0, 0.05) is 44.0 Å². The van der Waals surface area contributed by atoms with Gasteiger partial charge < -0.3 is 15.3 Å². The predicted octanol–water partition coefficient (Wildman–Crippen LogP) is 2.79. The predicted molar refractivity (Wildman–Crippen MR) is 127 cm³/mol. The number of urea groups is 1. The van der Waals surface area contributed by atoms with Crippen LogP contribution in [0.4, 0.5) is 10.5 Å². The molecular formula is C22H34Cl2N4O3. The molecule has 0 aromatic heterocycles. The summed E-state index contributed by atoms with van der Waals surface area (Å²) in [6, 6.07) is 6.92. The minimum Gasteiger partial charge on any atom is -0.481 e. The molecule has 1 aromatic rings. The average molecular weight is 473 g/mol. The van der Waals surface area contributed by atoms with Crippen LogP contribution in [0.2, 0.25) is 0 Å². The van der Waals surface area contributed by atoms with Crippen molar-refractivity contribution in [2.45, 2.75) is 51.1 Å². The van der Waals surface area contributed by atoms with E-state index < -0.39 is 5.97 Å². The van der Waals surface area contributed by atoms with Crippen LogP contribution in [0, 0.1) is 0 Å². The second kappa shape index (κ2) is 11.4. The number of amides is 2. The maximum Gasteiger partial charge on any atom is 0.324 e. The number of likely N-dealkylation sites (tertiary alicyclic amines) is 1. The molecule has 1 atom stereocenters. The van der Waals surface area contributed by atoms with Gasteiger partial charge in [-0.05, 0) is 69.0 Å². The maximum atomic E-state index is 13.2. The number of nitrogens with one attached hydrogen (secondary N) is 1. The highest BCUT2D eigenvalue weighted by Gasteiger charge is 2.36. The zero-order chi connectivity index (χ0) is 20.4. The van der Waals surface area contributed by atoms with Crippen molar-refractivity contribution in [1.82, 2.24) is 15.1 Å². The van der Waals surface area contributed by atoms with Crippen molar-refractivity contribution in [3.63, 3.8) is 0 Å². The third-order valence-electron chi connectivity index (χ3n) is 6.72. The first-order valence-electron chi connectivity index (χ1n) is 10.9. The lowest BCUT2D eigenvalue weighted by atomic mass is 10.0. The number of carbonyl (C=O) groups is 2. The normalized spacial score (nSPS) is 21.0. The highest BCUT2D eigenvalue weighted by Crippen LogP contribution is 2.28. The summed E-state index contributed by atoms with van der Waals surface area (Å²) in [5.74, 6) is -0.749. The molecular weight excluding hydrogens is 439 g/mol. The maximum absolute atomic E-state index is 13.2. The molecule has 2 N–H and O–H groups in total. The van der Waals surface area contributed by atoms with Crippen molar-refractivity contribution in [2.24, 2.45) is 0 Å². The van der Waals surface area contributed by atoms with Gasteiger partial charge in [0.15, 0.2) is 0 Å². The molecule has 3 aliphatic heterocycles. The Hall–Kier alpha value is -1.54. The van der Waals surface area contributed by atoms with Crippen LogP contribution in [0.5, 0.6) is 0 Å². The Morgan fingerprint density at radius 2 is 1.77 bits per heavy atom. The first kappa shape index (κ1) is 25.7. The van der Waals surface area contributed by atoms with Gasteiger partial charge >= 0.3 is 12.0 Å². The number of anilines is 1. The van der Waals surface area contributed by atoms with Crippen molar-refractivity contribution in [3.8, 4) is 0 Å². The van der Waals surface area contributed by atoms with Crippen LogP contribution >= 0.6 is 24.8 Å². The van der Waals surface area contributed by atoms with Crippen LogP contribution in [0.1, 0.15) is 37.3 Å². The highest BCUT2D eigenvalue weighted by molar-refractivity contribution is 5.94. The standard InChI is InChI=1S/C22H32N4O3.2ClH/c1-16(14-21(27)28)24-10-6-19(7-11-24)25-12-13-26(22(25)29)20-3-2-17-4-8-23-9-5-18(17)15-20;;/h2-3,15-16,19,23H,4-14H2,1H3,(H,27,28);2*1H. The smallest absolute Gasteiger partial charge is 0.324 e. The molecule has 3 heterocycles. The molecule has 0 spiro atoms. The number of nitrogens with zero attached hydrogens (tertiary/aromatic N) is 3. The Labute approximate surface area is 197 Å². The van der Waals surface area contributed by atoms with Gasteiger partial charge in [-0.25, -0.2) is 4.79 Å². The Bertz CT molecular complexity index is 771. The third kappa shape index (κ3) is 5.83. The molecule has 2 fully saturated rings. The summed E-state index contributed by atoms with van der Waals surface area (Å²) < 4.78 is 0. The van der Waals surface area contributed by atoms with Crippen molar-refractivity contribution in [1.29, 1.82) is 0 Å². The topological polar surface area (TPSA) is 76.1 Å². The number of halogens is 2. The van der Waals surface area contributed by atoms with Crippen LogP contribution in [0.3, 0.4) is 0 Å². The van der Waals surface area contributed by atoms with Crippen LogP contribution in [-0.4, -0.2) is 78.3 Å². The zero-order valence-electron chi connectivity index (χ0n) is 18.1. The zero-order valence-corrected chi connectivity index (χ0v) is 19.7. The largest absolute Gasteiger partial charge is 0.481 e. The van der Waals surface area contributed by atoms with E-state index in [4.69, 9.17) is 5.11 Å². The Balaban J connectivity index is 0.00000171. The lowest BCUT2D eigenvalue weighted by Crippen LogP contribution is -2.49. The van der Waals surface area contributed by atoms with Crippen molar-refractivity contribution >= 4 is 42.5 Å². The number of hydrogen-bond acceptors (Lipinski definition) is 4. The van der Waals surface area contributed by atoms with Crippen molar-refractivity contribution in [2.75, 3.05) is 44.2 Å². The van der Waals surface area contributed by atoms with E-state index in [1.165, 1.54) is 11.1 Å². The fourth-order valence-electron chi connectivity index (χ4n) is 4.98. The number of rotatable bonds is 5. The van der Waals surface area contributed by atoms with Gasteiger partial charge in [-0.3, -0.25) is 14.6 Å². The van der Waals surface area contributed by atoms with Crippen LogP contribution in [-0.2, 0) is 17.6 Å². The summed E-state index contributed by atoms with van der Waals surface area (Å²) in [5.41, 5.74) is 3.77. The summed E-state index contributed by atoms with van der Waals surface area (Å²) in [4.78, 5) is 30.3. The second-order valence-electron chi connectivity index (χ2n) is 8.54. The lowest BCUT2D eigenvalue weighted by Gasteiger charge is -2.38. The average Bonchev–Trinajstić information content (AvgIpc) is 2.94. The van der Waals surface area contributed by atoms with E-state index in [9.17, 15) is 9.59 Å². The van der Waals surface area contributed by atoms with Gasteiger partial charge in [-0.1, -0.05) is 6.07 Å². The first-order valence-corrected chi connectivity index (χ1v) is 10.9. The van der Waals surface area contributed by atoms with E-state index in [2.05, 4.69) is 28.4 Å². The van der Waals surface area contributed by atoms with Crippen LogP contribution in [0.25, 0.3) is 0 Å². The quantitative estimate of drug-likeness (QED) is 0.688. The van der Waals surface area contributed by atoms with Crippen LogP contribution < -0.4 is 10.2 Å². The summed E-state index contributed by atoms with van der Waals surface area (Å²) in [5, 5.41) is 12.5. The molecule has 2 saturated heterocycles. The lowest BCUT2D eigenvalue weighted by molar-refractivity contribution is -0.138. The number of hydrogen-bond donors (Lipinski definition) is 2. The molecule has 0 bridgehead atoms. The molecule has 1 aromatic carbocycles. The molecule has 7 nitrogen and oxygen atoms in total. The number of carbonyl (C=O) groups excluding carboxylic acids is 1. The van der Waals surface area contributed by atoms with E-state index in [1.54, 1.807) is 0 Å². The molecule has 0 saturated carbocycles. The Morgan fingerprint density at radius 1 is 1.10 bits per heavy atom. The van der Waals surface area contributed by atoms with E-state index in [-0.39, 0.29) is 49.3 Å². The summed E-state index contributed by atoms with van der Waals surface area (Å²) in [6.07, 6.45) is 4.07. The minimum absolute atomic E-state index is 0. The number of benzene rings is 1. The molecule has 31 heavy (non-hydrogen) atoms. The molecule has 1 unspecified atom stereocenters. The van der Waals surface area contributed by atoms with E-state index in [0.29, 0.717) is 0 Å². The van der Waals surface area contributed by atoms with Gasteiger partial charge in [-0.15, -0.1) is 24.8 Å². The number of piperidine rings is 1. The molecule has 174 valence electrons. The molecule has 4 rings (SSSR count). The van der Waals surface area contributed by atoms with Gasteiger partial charge in [0.05, 0.1) is 6.42 Å². The molecule has 0 radical (unpaired) electrons. The number of fused-ring (bicyclic) bond motifs is 1. The van der Waals surface area contributed by atoms with Gasteiger partial charge in [0.2, 0.25) is 0 Å². The number of aliphatic carboxylic acids is 1. The van der Waals surface area contributed by atoms with Crippen molar-refractivity contribution in [3.05, 3.63) is 29.3 Å². The first-order chi connectivity index (χ1) is 14.0. The van der Waals surface area contributed by atoms with Crippen LogP contribution in [0.15, 0.2) is 18.2 Å². The summed E-state index contributed by atoms with van der Waals surface area (Å²) in [6.45, 7) is 7.22. The fourth-order valence-corrected chi connectivity index (χ4v) is 4.98. The molecule has 9 heteroatoms. The summed E-state index contributed by atoms with van der Waals surface area (Å²) >= 11 is 0. The second-order valence-corrected chi connectivity index (χ2v) is 8.54. The number of carboxylic acids is 1. The monoisotopic (exact) mass is 472 g/mol. The van der Waals surface area contributed by atoms with Gasteiger partial charge in [0.25, 0.3) is 0 Å².